The first-order valence-electron chi connectivity index (χ1n) is 10.2. The van der Waals surface area contributed by atoms with Crippen molar-refractivity contribution >= 4 is 23.7 Å². The molecule has 1 aromatic rings. The Bertz CT molecular complexity index is 809. The molecule has 164 valence electrons. The van der Waals surface area contributed by atoms with Gasteiger partial charge in [-0.1, -0.05) is 0 Å². The standard InChI is InChI=1S/C21H29N3O6/c1-15(25)30-20(2,3)19(28)24-11-8-21(14-24)6-9-23(10-7-21)17(26)13-22-18(27)16-5-4-12-29-16/h4-5,12H,6-11,13-14H2,1-3H3,(H,22,27). The summed E-state index contributed by atoms with van der Waals surface area (Å²) >= 11 is 0. The van der Waals surface area contributed by atoms with Crippen LogP contribution in [0.1, 0.15) is 50.6 Å². The van der Waals surface area contributed by atoms with Crippen LogP contribution in [0.4, 0.5) is 0 Å². The molecule has 0 atom stereocenters. The number of carbonyl (C=O) groups excluding carboxylic acids is 4. The zero-order valence-electron chi connectivity index (χ0n) is 17.7. The number of furan rings is 1. The Morgan fingerprint density at radius 1 is 1.13 bits per heavy atom. The predicted octanol–water partition coefficient (Wildman–Crippen LogP) is 1.19. The van der Waals surface area contributed by atoms with Crippen molar-refractivity contribution in [3.63, 3.8) is 0 Å². The number of esters is 1. The first kappa shape index (κ1) is 21.9. The van der Waals surface area contributed by atoms with E-state index in [2.05, 4.69) is 5.32 Å². The van der Waals surface area contributed by atoms with Gasteiger partial charge in [0.05, 0.1) is 12.8 Å². The van der Waals surface area contributed by atoms with Gasteiger partial charge in [-0.05, 0) is 50.7 Å². The molecule has 3 rings (SSSR count). The minimum absolute atomic E-state index is 0.0177. The molecule has 1 aromatic heterocycles. The maximum absolute atomic E-state index is 12.8. The number of hydrogen-bond donors (Lipinski definition) is 1. The molecule has 9 heteroatoms. The molecular weight excluding hydrogens is 390 g/mol. The highest BCUT2D eigenvalue weighted by atomic mass is 16.6. The van der Waals surface area contributed by atoms with E-state index in [9.17, 15) is 19.2 Å². The van der Waals surface area contributed by atoms with E-state index in [1.165, 1.54) is 13.2 Å². The molecule has 3 amide bonds. The zero-order chi connectivity index (χ0) is 21.9. The molecule has 2 aliphatic rings. The second-order valence-electron chi connectivity index (χ2n) is 8.62. The monoisotopic (exact) mass is 419 g/mol. The van der Waals surface area contributed by atoms with Gasteiger partial charge < -0.3 is 24.3 Å². The van der Waals surface area contributed by atoms with Crippen molar-refractivity contribution in [2.24, 2.45) is 5.41 Å². The molecule has 1 N–H and O–H groups in total. The van der Waals surface area contributed by atoms with E-state index in [-0.39, 0.29) is 29.5 Å². The highest BCUT2D eigenvalue weighted by Crippen LogP contribution is 2.41. The SMILES string of the molecule is CC(=O)OC(C)(C)C(=O)N1CCC2(CCN(C(=O)CNC(=O)c3ccco3)CC2)C1. The molecular formula is C21H29N3O6. The average Bonchev–Trinajstić information content (AvgIpc) is 3.35. The second kappa shape index (κ2) is 8.49. The van der Waals surface area contributed by atoms with Crippen LogP contribution in [0.15, 0.2) is 22.8 Å². The number of ether oxygens (including phenoxy) is 1. The minimum Gasteiger partial charge on any atom is -0.459 e. The smallest absolute Gasteiger partial charge is 0.303 e. The summed E-state index contributed by atoms with van der Waals surface area (Å²) in [5.41, 5.74) is -1.20. The average molecular weight is 419 g/mol. The summed E-state index contributed by atoms with van der Waals surface area (Å²) in [5, 5.41) is 2.58. The minimum atomic E-state index is -1.18. The van der Waals surface area contributed by atoms with E-state index in [1.807, 2.05) is 0 Å². The maximum atomic E-state index is 12.8. The Labute approximate surface area is 175 Å². The van der Waals surface area contributed by atoms with E-state index in [1.54, 1.807) is 35.8 Å². The van der Waals surface area contributed by atoms with Crippen LogP contribution in [-0.2, 0) is 19.1 Å². The number of nitrogens with zero attached hydrogens (tertiary/aromatic N) is 2. The van der Waals surface area contributed by atoms with E-state index in [0.717, 1.165) is 19.3 Å². The third-order valence-electron chi connectivity index (χ3n) is 5.96. The molecule has 2 saturated heterocycles. The molecule has 9 nitrogen and oxygen atoms in total. The third-order valence-corrected chi connectivity index (χ3v) is 5.96. The van der Waals surface area contributed by atoms with E-state index in [4.69, 9.17) is 9.15 Å². The fourth-order valence-corrected chi connectivity index (χ4v) is 4.29. The Hall–Kier alpha value is -2.84. The normalized spacial score (nSPS) is 18.4. The van der Waals surface area contributed by atoms with E-state index < -0.39 is 17.5 Å². The van der Waals surface area contributed by atoms with Crippen molar-refractivity contribution in [1.82, 2.24) is 15.1 Å². The predicted molar refractivity (Wildman–Crippen MR) is 106 cm³/mol. The molecule has 0 aliphatic carbocycles. The summed E-state index contributed by atoms with van der Waals surface area (Å²) in [6.07, 6.45) is 3.86. The van der Waals surface area contributed by atoms with Crippen LogP contribution < -0.4 is 5.32 Å². The summed E-state index contributed by atoms with van der Waals surface area (Å²) < 4.78 is 10.2. The first-order chi connectivity index (χ1) is 14.1. The summed E-state index contributed by atoms with van der Waals surface area (Å²) in [5.74, 6) is -1.04. The van der Waals surface area contributed by atoms with Gasteiger partial charge >= 0.3 is 5.97 Å². The van der Waals surface area contributed by atoms with Crippen molar-refractivity contribution in [1.29, 1.82) is 0 Å². The van der Waals surface area contributed by atoms with Crippen LogP contribution in [0, 0.1) is 5.41 Å². The largest absolute Gasteiger partial charge is 0.459 e. The van der Waals surface area contributed by atoms with E-state index in [0.29, 0.717) is 26.2 Å². The molecule has 0 aromatic carbocycles. The molecule has 2 aliphatic heterocycles. The Morgan fingerprint density at radius 2 is 1.77 bits per heavy atom. The summed E-state index contributed by atoms with van der Waals surface area (Å²) in [6, 6.07) is 3.16. The maximum Gasteiger partial charge on any atom is 0.303 e. The fraction of sp³-hybridized carbons (Fsp3) is 0.619. The van der Waals surface area contributed by atoms with Gasteiger partial charge in [0.15, 0.2) is 11.4 Å². The summed E-state index contributed by atoms with van der Waals surface area (Å²) in [6.45, 7) is 6.85. The van der Waals surface area contributed by atoms with Gasteiger partial charge in [0.25, 0.3) is 11.8 Å². The lowest BCUT2D eigenvalue weighted by Crippen LogP contribution is -2.50. The molecule has 1 spiro atoms. The van der Waals surface area contributed by atoms with Gasteiger partial charge in [-0.15, -0.1) is 0 Å². The number of piperidine rings is 1. The fourth-order valence-electron chi connectivity index (χ4n) is 4.29. The Kier molecular flexibility index (Phi) is 6.19. The number of likely N-dealkylation sites (tertiary alicyclic amines) is 2. The molecule has 3 heterocycles. The van der Waals surface area contributed by atoms with Gasteiger partial charge in [-0.2, -0.15) is 0 Å². The first-order valence-corrected chi connectivity index (χ1v) is 10.2. The van der Waals surface area contributed by atoms with Gasteiger partial charge in [0, 0.05) is 33.1 Å². The van der Waals surface area contributed by atoms with Gasteiger partial charge in [0.2, 0.25) is 5.91 Å². The number of hydrogen-bond acceptors (Lipinski definition) is 6. The van der Waals surface area contributed by atoms with Crippen LogP contribution in [0.25, 0.3) is 0 Å². The zero-order valence-corrected chi connectivity index (χ0v) is 17.7. The molecule has 2 fully saturated rings. The lowest BCUT2D eigenvalue weighted by Gasteiger charge is -2.39. The topological polar surface area (TPSA) is 109 Å². The van der Waals surface area contributed by atoms with E-state index >= 15 is 0 Å². The number of carbonyl (C=O) groups is 4. The molecule has 0 radical (unpaired) electrons. The molecule has 0 bridgehead atoms. The highest BCUT2D eigenvalue weighted by molar-refractivity contribution is 5.94. The van der Waals surface area contributed by atoms with Crippen LogP contribution in [0.2, 0.25) is 0 Å². The summed E-state index contributed by atoms with van der Waals surface area (Å²) in [7, 11) is 0. The molecule has 0 saturated carbocycles. The lowest BCUT2D eigenvalue weighted by atomic mass is 9.77. The highest BCUT2D eigenvalue weighted by Gasteiger charge is 2.46. The number of rotatable bonds is 5. The Morgan fingerprint density at radius 3 is 2.33 bits per heavy atom. The quantitative estimate of drug-likeness (QED) is 0.718. The Balaban J connectivity index is 1.48. The van der Waals surface area contributed by atoms with Gasteiger partial charge in [-0.3, -0.25) is 19.2 Å². The third kappa shape index (κ3) is 4.83. The second-order valence-corrected chi connectivity index (χ2v) is 8.62. The van der Waals surface area contributed by atoms with Crippen molar-refractivity contribution in [3.05, 3.63) is 24.2 Å². The van der Waals surface area contributed by atoms with Gasteiger partial charge in [-0.25, -0.2) is 0 Å². The van der Waals surface area contributed by atoms with Crippen LogP contribution in [0.5, 0.6) is 0 Å². The molecule has 0 unspecified atom stereocenters. The van der Waals surface area contributed by atoms with Crippen LogP contribution >= 0.6 is 0 Å². The van der Waals surface area contributed by atoms with Crippen molar-refractivity contribution in [2.45, 2.75) is 45.6 Å². The van der Waals surface area contributed by atoms with Crippen LogP contribution in [-0.4, -0.2) is 71.8 Å². The molecule has 30 heavy (non-hydrogen) atoms. The van der Waals surface area contributed by atoms with Crippen molar-refractivity contribution in [3.8, 4) is 0 Å². The summed E-state index contributed by atoms with van der Waals surface area (Å²) in [4.78, 5) is 51.9. The van der Waals surface area contributed by atoms with Gasteiger partial charge in [0.1, 0.15) is 0 Å². The number of nitrogens with one attached hydrogen (secondary N) is 1. The van der Waals surface area contributed by atoms with Crippen molar-refractivity contribution in [2.75, 3.05) is 32.7 Å². The lowest BCUT2D eigenvalue weighted by molar-refractivity contribution is -0.168. The number of amides is 3. The van der Waals surface area contributed by atoms with Crippen molar-refractivity contribution < 1.29 is 28.3 Å². The van der Waals surface area contributed by atoms with Crippen LogP contribution in [0.3, 0.4) is 0 Å².